The molecule has 2 aromatic heterocycles. The second kappa shape index (κ2) is 8.18. The van der Waals surface area contributed by atoms with Gasteiger partial charge in [0.1, 0.15) is 21.3 Å². The number of fused-ring (bicyclic) bond motifs is 2. The maximum absolute atomic E-state index is 13.3. The Labute approximate surface area is 181 Å². The number of rotatable bonds is 5. The highest BCUT2D eigenvalue weighted by atomic mass is 32.1. The van der Waals surface area contributed by atoms with E-state index in [-0.39, 0.29) is 12.7 Å². The Kier molecular flexibility index (Phi) is 5.37. The molecule has 3 aromatic rings. The molecule has 0 spiro atoms. The average molecular weight is 449 g/mol. The summed E-state index contributed by atoms with van der Waals surface area (Å²) in [5.41, 5.74) is 1.05. The SMILES string of the molecule is FC(F)(F)c1cc2c(NCCc3ccc4c(c3)OCO4)nc(C3CCCCC3)nc2s1. The van der Waals surface area contributed by atoms with Crippen LogP contribution in [0.5, 0.6) is 11.5 Å². The van der Waals surface area contributed by atoms with Crippen molar-refractivity contribution in [2.45, 2.75) is 50.6 Å². The molecule has 5 rings (SSSR count). The van der Waals surface area contributed by atoms with Gasteiger partial charge in [-0.2, -0.15) is 13.2 Å². The molecule has 1 N–H and O–H groups in total. The predicted molar refractivity (Wildman–Crippen MR) is 113 cm³/mol. The Morgan fingerprint density at radius 1 is 1.03 bits per heavy atom. The molecule has 0 atom stereocenters. The molecule has 0 bridgehead atoms. The van der Waals surface area contributed by atoms with Gasteiger partial charge < -0.3 is 14.8 Å². The molecule has 31 heavy (non-hydrogen) atoms. The Bertz CT molecular complexity index is 1090. The van der Waals surface area contributed by atoms with E-state index in [0.29, 0.717) is 51.9 Å². The molecular weight excluding hydrogens is 427 g/mol. The number of thiophene rings is 1. The number of hydrogen-bond donors (Lipinski definition) is 1. The summed E-state index contributed by atoms with van der Waals surface area (Å²) in [6, 6.07) is 6.92. The van der Waals surface area contributed by atoms with E-state index in [1.165, 1.54) is 6.42 Å². The lowest BCUT2D eigenvalue weighted by molar-refractivity contribution is -0.134. The molecule has 5 nitrogen and oxygen atoms in total. The minimum Gasteiger partial charge on any atom is -0.454 e. The van der Waals surface area contributed by atoms with Crippen molar-refractivity contribution in [2.75, 3.05) is 18.7 Å². The predicted octanol–water partition coefficient (Wildman–Crippen LogP) is 6.14. The van der Waals surface area contributed by atoms with Gasteiger partial charge in [0.2, 0.25) is 6.79 Å². The number of anilines is 1. The van der Waals surface area contributed by atoms with Crippen LogP contribution in [0.25, 0.3) is 10.2 Å². The van der Waals surface area contributed by atoms with E-state index in [1.807, 2.05) is 18.2 Å². The quantitative estimate of drug-likeness (QED) is 0.507. The maximum Gasteiger partial charge on any atom is 0.425 e. The van der Waals surface area contributed by atoms with Gasteiger partial charge in [-0.15, -0.1) is 11.3 Å². The number of ether oxygens (including phenoxy) is 2. The number of nitrogens with zero attached hydrogens (tertiary/aromatic N) is 2. The second-order valence-corrected chi connectivity index (χ2v) is 8.99. The summed E-state index contributed by atoms with van der Waals surface area (Å²) >= 11 is 0.693. The highest BCUT2D eigenvalue weighted by molar-refractivity contribution is 7.18. The van der Waals surface area contributed by atoms with E-state index >= 15 is 0 Å². The Balaban J connectivity index is 1.40. The molecule has 0 unspecified atom stereocenters. The first kappa shape index (κ1) is 20.4. The summed E-state index contributed by atoms with van der Waals surface area (Å²) in [6.07, 6.45) is 1.67. The highest BCUT2D eigenvalue weighted by Gasteiger charge is 2.34. The molecule has 0 amide bonds. The van der Waals surface area contributed by atoms with Crippen LogP contribution in [0, 0.1) is 0 Å². The molecule has 2 aliphatic rings. The minimum atomic E-state index is -4.39. The van der Waals surface area contributed by atoms with Crippen LogP contribution in [0.2, 0.25) is 0 Å². The Morgan fingerprint density at radius 2 is 1.84 bits per heavy atom. The van der Waals surface area contributed by atoms with Crippen LogP contribution in [-0.4, -0.2) is 23.3 Å². The zero-order valence-electron chi connectivity index (χ0n) is 16.8. The maximum atomic E-state index is 13.3. The average Bonchev–Trinajstić information content (AvgIpc) is 3.40. The normalized spacial score (nSPS) is 16.7. The number of hydrogen-bond acceptors (Lipinski definition) is 6. The summed E-state index contributed by atoms with van der Waals surface area (Å²) in [5.74, 6) is 2.80. The van der Waals surface area contributed by atoms with E-state index in [4.69, 9.17) is 9.47 Å². The lowest BCUT2D eigenvalue weighted by Crippen LogP contribution is -2.12. The van der Waals surface area contributed by atoms with E-state index in [2.05, 4.69) is 15.3 Å². The first-order valence-electron chi connectivity index (χ1n) is 10.5. The Morgan fingerprint density at radius 3 is 2.65 bits per heavy atom. The fraction of sp³-hybridized carbons (Fsp3) is 0.455. The monoisotopic (exact) mass is 449 g/mol. The third-order valence-electron chi connectivity index (χ3n) is 5.80. The van der Waals surface area contributed by atoms with Gasteiger partial charge in [0.15, 0.2) is 11.5 Å². The standard InChI is InChI=1S/C22H22F3N3O2S/c23-22(24,25)18-11-15-20(26-9-8-13-6-7-16-17(10-13)30-12-29-16)27-19(28-21(15)31-18)14-4-2-1-3-5-14/h6-7,10-11,14H,1-5,8-9,12H2,(H,26,27,28). The van der Waals surface area contributed by atoms with Gasteiger partial charge in [-0.1, -0.05) is 25.3 Å². The van der Waals surface area contributed by atoms with Crippen LogP contribution in [0.15, 0.2) is 24.3 Å². The number of nitrogens with one attached hydrogen (secondary N) is 1. The van der Waals surface area contributed by atoms with Crippen LogP contribution in [-0.2, 0) is 12.6 Å². The van der Waals surface area contributed by atoms with Crippen LogP contribution in [0.3, 0.4) is 0 Å². The van der Waals surface area contributed by atoms with E-state index in [9.17, 15) is 13.2 Å². The summed E-state index contributed by atoms with van der Waals surface area (Å²) < 4.78 is 50.7. The zero-order chi connectivity index (χ0) is 21.4. The number of halogens is 3. The van der Waals surface area contributed by atoms with Crippen LogP contribution >= 0.6 is 11.3 Å². The smallest absolute Gasteiger partial charge is 0.425 e. The van der Waals surface area contributed by atoms with Crippen molar-refractivity contribution in [3.05, 3.63) is 40.5 Å². The van der Waals surface area contributed by atoms with Crippen molar-refractivity contribution in [1.82, 2.24) is 9.97 Å². The van der Waals surface area contributed by atoms with Crippen molar-refractivity contribution in [1.29, 1.82) is 0 Å². The molecule has 3 heterocycles. The molecule has 0 radical (unpaired) electrons. The van der Waals surface area contributed by atoms with Crippen molar-refractivity contribution in [3.63, 3.8) is 0 Å². The Hall–Kier alpha value is -2.55. The lowest BCUT2D eigenvalue weighted by atomic mass is 9.88. The number of aromatic nitrogens is 2. The first-order valence-corrected chi connectivity index (χ1v) is 11.3. The lowest BCUT2D eigenvalue weighted by Gasteiger charge is -2.21. The minimum absolute atomic E-state index is 0.212. The third kappa shape index (κ3) is 4.28. The number of alkyl halides is 3. The highest BCUT2D eigenvalue weighted by Crippen LogP contribution is 2.41. The van der Waals surface area contributed by atoms with E-state index in [0.717, 1.165) is 43.1 Å². The van der Waals surface area contributed by atoms with Gasteiger partial charge in [0, 0.05) is 12.5 Å². The molecule has 9 heteroatoms. The van der Waals surface area contributed by atoms with Crippen LogP contribution in [0.4, 0.5) is 19.0 Å². The van der Waals surface area contributed by atoms with Gasteiger partial charge in [-0.05, 0) is 43.0 Å². The van der Waals surface area contributed by atoms with Crippen molar-refractivity contribution in [3.8, 4) is 11.5 Å². The molecular formula is C22H22F3N3O2S. The van der Waals surface area contributed by atoms with Crippen molar-refractivity contribution >= 4 is 27.4 Å². The number of benzene rings is 1. The molecule has 1 aliphatic carbocycles. The topological polar surface area (TPSA) is 56.3 Å². The second-order valence-electron chi connectivity index (χ2n) is 7.96. The van der Waals surface area contributed by atoms with Gasteiger partial charge in [0.25, 0.3) is 0 Å². The largest absolute Gasteiger partial charge is 0.454 e. The zero-order valence-corrected chi connectivity index (χ0v) is 17.6. The van der Waals surface area contributed by atoms with Gasteiger partial charge in [-0.3, -0.25) is 0 Å². The summed E-state index contributed by atoms with van der Waals surface area (Å²) in [7, 11) is 0. The summed E-state index contributed by atoms with van der Waals surface area (Å²) in [6.45, 7) is 0.757. The molecule has 164 valence electrons. The van der Waals surface area contributed by atoms with Gasteiger partial charge >= 0.3 is 6.18 Å². The van der Waals surface area contributed by atoms with E-state index < -0.39 is 11.1 Å². The van der Waals surface area contributed by atoms with E-state index in [1.54, 1.807) is 0 Å². The fourth-order valence-corrected chi connectivity index (χ4v) is 5.08. The first-order chi connectivity index (χ1) is 15.0. The fourth-order valence-electron chi connectivity index (χ4n) is 4.18. The van der Waals surface area contributed by atoms with Crippen molar-refractivity contribution < 1.29 is 22.6 Å². The molecule has 1 fully saturated rings. The summed E-state index contributed by atoms with van der Waals surface area (Å²) in [5, 5.41) is 3.70. The molecule has 1 aromatic carbocycles. The molecule has 1 aliphatic heterocycles. The molecule has 1 saturated carbocycles. The third-order valence-corrected chi connectivity index (χ3v) is 6.88. The molecule has 0 saturated heterocycles. The van der Waals surface area contributed by atoms with Gasteiger partial charge in [0.05, 0.1) is 5.39 Å². The van der Waals surface area contributed by atoms with Crippen molar-refractivity contribution in [2.24, 2.45) is 0 Å². The van der Waals surface area contributed by atoms with Gasteiger partial charge in [-0.25, -0.2) is 9.97 Å². The van der Waals surface area contributed by atoms with Crippen LogP contribution in [0.1, 0.15) is 54.3 Å². The summed E-state index contributed by atoms with van der Waals surface area (Å²) in [4.78, 5) is 8.97. The van der Waals surface area contributed by atoms with Crippen LogP contribution < -0.4 is 14.8 Å².